The molecule has 2 aliphatic rings. The third kappa shape index (κ3) is 2.20. The summed E-state index contributed by atoms with van der Waals surface area (Å²) in [6.45, 7) is 4.73. The van der Waals surface area contributed by atoms with Crippen LogP contribution in [0.4, 0.5) is 4.79 Å². The van der Waals surface area contributed by atoms with Gasteiger partial charge >= 0.3 is 6.03 Å². The second kappa shape index (κ2) is 4.71. The number of nitrogens with zero attached hydrogens (tertiary/aromatic N) is 2. The molecule has 3 rings (SSSR count). The van der Waals surface area contributed by atoms with Gasteiger partial charge in [-0.05, 0) is 37.8 Å². The molecule has 102 valence electrons. The van der Waals surface area contributed by atoms with Gasteiger partial charge in [0, 0.05) is 24.7 Å². The lowest BCUT2D eigenvalue weighted by Crippen LogP contribution is -2.38. The second-order valence-corrected chi connectivity index (χ2v) is 6.20. The predicted molar refractivity (Wildman–Crippen MR) is 76.5 cm³/mol. The summed E-state index contributed by atoms with van der Waals surface area (Å²) in [5, 5.41) is 0.792. The Kier molecular flexibility index (Phi) is 3.17. The number of amides is 2. The molecule has 19 heavy (non-hydrogen) atoms. The Balaban J connectivity index is 1.66. The summed E-state index contributed by atoms with van der Waals surface area (Å²) < 4.78 is 0. The van der Waals surface area contributed by atoms with Gasteiger partial charge in [-0.1, -0.05) is 29.8 Å². The maximum Gasteiger partial charge on any atom is 0.320 e. The van der Waals surface area contributed by atoms with Crippen LogP contribution in [-0.4, -0.2) is 41.0 Å². The summed E-state index contributed by atoms with van der Waals surface area (Å²) in [5.41, 5.74) is 1.19. The molecule has 1 atom stereocenters. The van der Waals surface area contributed by atoms with E-state index < -0.39 is 0 Å². The van der Waals surface area contributed by atoms with E-state index >= 15 is 0 Å². The molecule has 0 spiro atoms. The average molecular weight is 279 g/mol. The van der Waals surface area contributed by atoms with Crippen molar-refractivity contribution in [1.29, 1.82) is 0 Å². The van der Waals surface area contributed by atoms with Gasteiger partial charge in [-0.3, -0.25) is 0 Å². The summed E-state index contributed by atoms with van der Waals surface area (Å²) in [7, 11) is 0. The fraction of sp³-hybridized carbons (Fsp3) is 0.533. The van der Waals surface area contributed by atoms with Crippen LogP contribution in [0.25, 0.3) is 0 Å². The summed E-state index contributed by atoms with van der Waals surface area (Å²) in [6.07, 6.45) is 3.09. The van der Waals surface area contributed by atoms with Gasteiger partial charge in [0.25, 0.3) is 0 Å². The van der Waals surface area contributed by atoms with Gasteiger partial charge in [0.2, 0.25) is 0 Å². The van der Waals surface area contributed by atoms with Crippen LogP contribution in [0.5, 0.6) is 0 Å². The first kappa shape index (κ1) is 12.8. The normalized spacial score (nSPS) is 26.1. The standard InChI is InChI=1S/C15H19ClN2O/c1-15-8-4-9-18(15)14(19)17(11-15)10-7-12-5-2-3-6-13(12)16/h2-3,5-6H,4,7-11H2,1H3. The van der Waals surface area contributed by atoms with Crippen LogP contribution in [0, 0.1) is 0 Å². The molecular weight excluding hydrogens is 260 g/mol. The molecule has 2 saturated heterocycles. The predicted octanol–water partition coefficient (Wildman–Crippen LogP) is 3.17. The van der Waals surface area contributed by atoms with Gasteiger partial charge < -0.3 is 9.80 Å². The van der Waals surface area contributed by atoms with Crippen molar-refractivity contribution in [1.82, 2.24) is 9.80 Å². The van der Waals surface area contributed by atoms with E-state index in [4.69, 9.17) is 11.6 Å². The number of fused-ring (bicyclic) bond motifs is 1. The first-order valence-electron chi connectivity index (χ1n) is 6.90. The molecule has 1 aromatic rings. The average Bonchev–Trinajstić information content (AvgIpc) is 2.86. The van der Waals surface area contributed by atoms with Crippen LogP contribution in [0.15, 0.2) is 24.3 Å². The lowest BCUT2D eigenvalue weighted by atomic mass is 10.0. The smallest absolute Gasteiger partial charge is 0.320 e. The maximum absolute atomic E-state index is 12.3. The van der Waals surface area contributed by atoms with E-state index in [1.54, 1.807) is 0 Å². The SMILES string of the molecule is CC12CCCN1C(=O)N(CCc1ccccc1Cl)C2. The molecular formula is C15H19ClN2O. The Bertz CT molecular complexity index is 505. The first-order valence-corrected chi connectivity index (χ1v) is 7.28. The molecule has 2 aliphatic heterocycles. The molecule has 3 nitrogen and oxygen atoms in total. The lowest BCUT2D eigenvalue weighted by molar-refractivity contribution is 0.186. The highest BCUT2D eigenvalue weighted by Crippen LogP contribution is 2.36. The van der Waals surface area contributed by atoms with Crippen LogP contribution >= 0.6 is 11.6 Å². The largest absolute Gasteiger partial charge is 0.322 e. The zero-order chi connectivity index (χ0) is 13.5. The van der Waals surface area contributed by atoms with Crippen molar-refractivity contribution in [3.8, 4) is 0 Å². The number of carbonyl (C=O) groups is 1. The highest BCUT2D eigenvalue weighted by Gasteiger charge is 2.48. The van der Waals surface area contributed by atoms with Crippen LogP contribution in [0.1, 0.15) is 25.3 Å². The van der Waals surface area contributed by atoms with Crippen molar-refractivity contribution in [3.63, 3.8) is 0 Å². The van der Waals surface area contributed by atoms with E-state index in [9.17, 15) is 4.79 Å². The van der Waals surface area contributed by atoms with Crippen molar-refractivity contribution < 1.29 is 4.79 Å². The van der Waals surface area contributed by atoms with Crippen LogP contribution < -0.4 is 0 Å². The molecule has 0 N–H and O–H groups in total. The van der Waals surface area contributed by atoms with Crippen molar-refractivity contribution in [3.05, 3.63) is 34.9 Å². The highest BCUT2D eigenvalue weighted by molar-refractivity contribution is 6.31. The van der Waals surface area contributed by atoms with Crippen molar-refractivity contribution in [2.75, 3.05) is 19.6 Å². The summed E-state index contributed by atoms with van der Waals surface area (Å²) in [4.78, 5) is 16.3. The Morgan fingerprint density at radius 3 is 2.89 bits per heavy atom. The van der Waals surface area contributed by atoms with E-state index in [0.29, 0.717) is 0 Å². The molecule has 2 amide bonds. The third-order valence-corrected chi connectivity index (χ3v) is 4.76. The van der Waals surface area contributed by atoms with Gasteiger partial charge in [0.1, 0.15) is 0 Å². The monoisotopic (exact) mass is 278 g/mol. The second-order valence-electron chi connectivity index (χ2n) is 5.80. The van der Waals surface area contributed by atoms with E-state index in [2.05, 4.69) is 6.92 Å². The van der Waals surface area contributed by atoms with Crippen LogP contribution in [0.2, 0.25) is 5.02 Å². The Morgan fingerprint density at radius 2 is 2.16 bits per heavy atom. The zero-order valence-electron chi connectivity index (χ0n) is 11.2. The summed E-state index contributed by atoms with van der Waals surface area (Å²) >= 11 is 6.16. The molecule has 0 aromatic heterocycles. The molecule has 0 bridgehead atoms. The number of urea groups is 1. The molecule has 2 heterocycles. The number of benzene rings is 1. The van der Waals surface area contributed by atoms with E-state index in [1.165, 1.54) is 0 Å². The fourth-order valence-electron chi connectivity index (χ4n) is 3.29. The summed E-state index contributed by atoms with van der Waals surface area (Å²) in [5.74, 6) is 0. The maximum atomic E-state index is 12.3. The Labute approximate surface area is 119 Å². The minimum absolute atomic E-state index is 0.0670. The van der Waals surface area contributed by atoms with Gasteiger partial charge in [-0.25, -0.2) is 4.79 Å². The van der Waals surface area contributed by atoms with Gasteiger partial charge in [-0.15, -0.1) is 0 Å². The number of halogens is 1. The zero-order valence-corrected chi connectivity index (χ0v) is 12.0. The first-order chi connectivity index (χ1) is 9.10. The quantitative estimate of drug-likeness (QED) is 0.833. The molecule has 1 unspecified atom stereocenters. The number of carbonyl (C=O) groups excluding carboxylic acids is 1. The number of hydrogen-bond acceptors (Lipinski definition) is 1. The fourth-order valence-corrected chi connectivity index (χ4v) is 3.52. The van der Waals surface area contributed by atoms with Crippen LogP contribution in [0.3, 0.4) is 0 Å². The van der Waals surface area contributed by atoms with Crippen molar-refractivity contribution >= 4 is 17.6 Å². The Hall–Kier alpha value is -1.22. The highest BCUT2D eigenvalue weighted by atomic mass is 35.5. The van der Waals surface area contributed by atoms with Gasteiger partial charge in [-0.2, -0.15) is 0 Å². The molecule has 2 fully saturated rings. The summed E-state index contributed by atoms with van der Waals surface area (Å²) in [6, 6.07) is 8.07. The van der Waals surface area contributed by atoms with Crippen molar-refractivity contribution in [2.24, 2.45) is 0 Å². The lowest BCUT2D eigenvalue weighted by Gasteiger charge is -2.24. The van der Waals surface area contributed by atoms with Gasteiger partial charge in [0.15, 0.2) is 0 Å². The molecule has 4 heteroatoms. The number of hydrogen-bond donors (Lipinski definition) is 0. The molecule has 0 saturated carbocycles. The van der Waals surface area contributed by atoms with E-state index in [1.807, 2.05) is 34.1 Å². The third-order valence-electron chi connectivity index (χ3n) is 4.39. The molecule has 1 aromatic carbocycles. The minimum atomic E-state index is 0.0670. The van der Waals surface area contributed by atoms with Crippen molar-refractivity contribution in [2.45, 2.75) is 31.7 Å². The van der Waals surface area contributed by atoms with Gasteiger partial charge in [0.05, 0.1) is 5.54 Å². The molecule has 0 aliphatic carbocycles. The van der Waals surface area contributed by atoms with Crippen LogP contribution in [-0.2, 0) is 6.42 Å². The molecule has 0 radical (unpaired) electrons. The Morgan fingerprint density at radius 1 is 1.37 bits per heavy atom. The minimum Gasteiger partial charge on any atom is -0.322 e. The topological polar surface area (TPSA) is 23.6 Å². The van der Waals surface area contributed by atoms with E-state index in [0.717, 1.165) is 49.5 Å². The van der Waals surface area contributed by atoms with E-state index in [-0.39, 0.29) is 11.6 Å². The number of rotatable bonds is 3.